The summed E-state index contributed by atoms with van der Waals surface area (Å²) < 4.78 is 15.1. The summed E-state index contributed by atoms with van der Waals surface area (Å²) in [4.78, 5) is 28.7. The average Bonchev–Trinajstić information content (AvgIpc) is 2.72. The van der Waals surface area contributed by atoms with Crippen LogP contribution in [0.15, 0.2) is 66.2 Å². The molecule has 0 unspecified atom stereocenters. The van der Waals surface area contributed by atoms with Gasteiger partial charge in [-0.25, -0.2) is 9.18 Å². The Kier molecular flexibility index (Phi) is 5.79. The maximum absolute atomic E-state index is 15.1. The first kappa shape index (κ1) is 19.2. The van der Waals surface area contributed by atoms with E-state index >= 15 is 4.39 Å². The molecule has 2 aromatic carbocycles. The van der Waals surface area contributed by atoms with Crippen LogP contribution >= 0.6 is 0 Å². The Balaban J connectivity index is 2.01. The van der Waals surface area contributed by atoms with Crippen molar-refractivity contribution in [3.8, 4) is 0 Å². The molecule has 2 N–H and O–H groups in total. The Bertz CT molecular complexity index is 994. The fourth-order valence-electron chi connectivity index (χ4n) is 2.89. The van der Waals surface area contributed by atoms with E-state index in [0.29, 0.717) is 24.5 Å². The molecule has 1 heterocycles. The third-order valence-electron chi connectivity index (χ3n) is 4.36. The average molecular weight is 378 g/mol. The van der Waals surface area contributed by atoms with Crippen LogP contribution in [-0.2, 0) is 4.79 Å². The number of aliphatic carboxylic acids is 1. The van der Waals surface area contributed by atoms with Crippen LogP contribution in [0.25, 0.3) is 11.1 Å². The Labute approximate surface area is 161 Å². The van der Waals surface area contributed by atoms with E-state index < -0.39 is 17.6 Å². The molecule has 0 fully saturated rings. The number of benzene rings is 2. The molecule has 6 heteroatoms. The lowest BCUT2D eigenvalue weighted by molar-refractivity contribution is -0.130. The number of aliphatic imine (C=N–C) groups is 1. The molecule has 0 bridgehead atoms. The smallest absolute Gasteiger partial charge is 0.336 e. The number of rotatable bonds is 6. The zero-order valence-corrected chi connectivity index (χ0v) is 15.1. The number of halogens is 1. The first-order valence-electron chi connectivity index (χ1n) is 8.80. The van der Waals surface area contributed by atoms with Crippen LogP contribution in [0.3, 0.4) is 0 Å². The predicted octanol–water partition coefficient (Wildman–Crippen LogP) is 3.58. The molecule has 0 aromatic heterocycles. The monoisotopic (exact) mass is 378 g/mol. The summed E-state index contributed by atoms with van der Waals surface area (Å²) in [6.45, 7) is 5.01. The van der Waals surface area contributed by atoms with Gasteiger partial charge in [0.2, 0.25) is 0 Å². The summed E-state index contributed by atoms with van der Waals surface area (Å²) >= 11 is 0. The number of Topliss-reactive ketones (excluding diaryl/α,β-unsaturated/α-hetero) is 1. The molecule has 1 aliphatic rings. The first-order valence-corrected chi connectivity index (χ1v) is 8.80. The van der Waals surface area contributed by atoms with Crippen LogP contribution in [0.2, 0.25) is 0 Å². The van der Waals surface area contributed by atoms with Gasteiger partial charge in [-0.1, -0.05) is 49.0 Å². The SMILES string of the molecule is C=C(C(=O)c1cccc(C(=CC2=NCCCN2)C(=O)O)c1F)c1ccccc1. The van der Waals surface area contributed by atoms with Gasteiger partial charge < -0.3 is 10.4 Å². The van der Waals surface area contributed by atoms with E-state index in [1.54, 1.807) is 30.3 Å². The number of ketones is 1. The van der Waals surface area contributed by atoms with Crippen molar-refractivity contribution in [2.24, 2.45) is 4.99 Å². The van der Waals surface area contributed by atoms with Gasteiger partial charge in [-0.3, -0.25) is 9.79 Å². The minimum absolute atomic E-state index is 0.135. The van der Waals surface area contributed by atoms with Crippen molar-refractivity contribution in [2.75, 3.05) is 13.1 Å². The third kappa shape index (κ3) is 4.06. The van der Waals surface area contributed by atoms with E-state index in [1.165, 1.54) is 24.3 Å². The lowest BCUT2D eigenvalue weighted by Crippen LogP contribution is -2.28. The van der Waals surface area contributed by atoms with E-state index in [4.69, 9.17) is 0 Å². The molecular weight excluding hydrogens is 359 g/mol. The molecule has 0 saturated heterocycles. The van der Waals surface area contributed by atoms with Gasteiger partial charge in [-0.05, 0) is 24.1 Å². The van der Waals surface area contributed by atoms with Crippen molar-refractivity contribution < 1.29 is 19.1 Å². The van der Waals surface area contributed by atoms with Crippen molar-refractivity contribution in [2.45, 2.75) is 6.42 Å². The number of hydrogen-bond donors (Lipinski definition) is 2. The molecule has 142 valence electrons. The maximum Gasteiger partial charge on any atom is 0.336 e. The van der Waals surface area contributed by atoms with E-state index in [9.17, 15) is 14.7 Å². The number of carbonyl (C=O) groups is 2. The number of amidine groups is 1. The summed E-state index contributed by atoms with van der Waals surface area (Å²) in [5, 5.41) is 12.6. The Morgan fingerprint density at radius 1 is 1.11 bits per heavy atom. The molecule has 5 nitrogen and oxygen atoms in total. The predicted molar refractivity (Wildman–Crippen MR) is 107 cm³/mol. The summed E-state index contributed by atoms with van der Waals surface area (Å²) in [5.74, 6) is -2.41. The van der Waals surface area contributed by atoms with Gasteiger partial charge in [0.05, 0.1) is 11.1 Å². The van der Waals surface area contributed by atoms with Gasteiger partial charge in [-0.2, -0.15) is 0 Å². The molecule has 0 aliphatic carbocycles. The highest BCUT2D eigenvalue weighted by Gasteiger charge is 2.23. The number of allylic oxidation sites excluding steroid dienone is 1. The second-order valence-corrected chi connectivity index (χ2v) is 6.25. The van der Waals surface area contributed by atoms with Gasteiger partial charge in [0, 0.05) is 24.2 Å². The van der Waals surface area contributed by atoms with E-state index in [0.717, 1.165) is 6.42 Å². The standard InChI is InChI=1S/C22H19FN2O3/c1-14(15-7-3-2-4-8-15)21(26)17-10-5-9-16(20(17)23)18(22(27)28)13-19-24-11-6-12-25-19/h2-5,7-10,13H,1,6,11-12H2,(H,24,25)(H,27,28). The second kappa shape index (κ2) is 8.43. The molecule has 3 rings (SSSR count). The Hall–Kier alpha value is -3.54. The Morgan fingerprint density at radius 3 is 2.46 bits per heavy atom. The summed E-state index contributed by atoms with van der Waals surface area (Å²) in [7, 11) is 0. The number of carboxylic acids is 1. The summed E-state index contributed by atoms with van der Waals surface area (Å²) in [6, 6.07) is 12.8. The van der Waals surface area contributed by atoms with Crippen LogP contribution in [-0.4, -0.2) is 35.8 Å². The van der Waals surface area contributed by atoms with Crippen LogP contribution < -0.4 is 5.32 Å². The fourth-order valence-corrected chi connectivity index (χ4v) is 2.89. The Morgan fingerprint density at radius 2 is 1.82 bits per heavy atom. The van der Waals surface area contributed by atoms with E-state index in [2.05, 4.69) is 16.9 Å². The number of hydrogen-bond acceptors (Lipinski definition) is 4. The molecule has 1 aliphatic heterocycles. The highest BCUT2D eigenvalue weighted by Crippen LogP contribution is 2.26. The lowest BCUT2D eigenvalue weighted by atomic mass is 9.94. The van der Waals surface area contributed by atoms with Crippen LogP contribution in [0, 0.1) is 5.82 Å². The number of carboxylic acid groups (broad SMARTS) is 1. The topological polar surface area (TPSA) is 78.8 Å². The number of nitrogens with one attached hydrogen (secondary N) is 1. The van der Waals surface area contributed by atoms with Crippen molar-refractivity contribution in [3.05, 3.63) is 83.7 Å². The maximum atomic E-state index is 15.1. The molecule has 0 saturated carbocycles. The minimum Gasteiger partial charge on any atom is -0.478 e. The van der Waals surface area contributed by atoms with Crippen LogP contribution in [0.5, 0.6) is 0 Å². The zero-order chi connectivity index (χ0) is 20.1. The van der Waals surface area contributed by atoms with Gasteiger partial charge >= 0.3 is 5.97 Å². The second-order valence-electron chi connectivity index (χ2n) is 6.25. The quantitative estimate of drug-likeness (QED) is 0.595. The van der Waals surface area contributed by atoms with E-state index in [-0.39, 0.29) is 22.3 Å². The zero-order valence-electron chi connectivity index (χ0n) is 15.1. The van der Waals surface area contributed by atoms with Crippen molar-refractivity contribution in [1.29, 1.82) is 0 Å². The summed E-state index contributed by atoms with van der Waals surface area (Å²) in [5.41, 5.74) is 0.0415. The molecule has 28 heavy (non-hydrogen) atoms. The van der Waals surface area contributed by atoms with Gasteiger partial charge in [0.15, 0.2) is 5.78 Å². The fraction of sp³-hybridized carbons (Fsp3) is 0.136. The normalized spacial score (nSPS) is 14.0. The van der Waals surface area contributed by atoms with Crippen molar-refractivity contribution in [1.82, 2.24) is 5.32 Å². The minimum atomic E-state index is -1.31. The first-order chi connectivity index (χ1) is 13.5. The molecule has 0 amide bonds. The third-order valence-corrected chi connectivity index (χ3v) is 4.36. The van der Waals surface area contributed by atoms with Gasteiger partial charge in [-0.15, -0.1) is 0 Å². The molecule has 2 aromatic rings. The molecule has 0 spiro atoms. The largest absolute Gasteiger partial charge is 0.478 e. The van der Waals surface area contributed by atoms with Crippen molar-refractivity contribution >= 4 is 28.7 Å². The molecular formula is C22H19FN2O3. The number of nitrogens with zero attached hydrogens (tertiary/aromatic N) is 1. The molecule has 0 atom stereocenters. The highest BCUT2D eigenvalue weighted by atomic mass is 19.1. The summed E-state index contributed by atoms with van der Waals surface area (Å²) in [6.07, 6.45) is 2.14. The molecule has 0 radical (unpaired) electrons. The van der Waals surface area contributed by atoms with Gasteiger partial charge in [0.1, 0.15) is 11.7 Å². The van der Waals surface area contributed by atoms with Crippen molar-refractivity contribution in [3.63, 3.8) is 0 Å². The van der Waals surface area contributed by atoms with E-state index in [1.807, 2.05) is 0 Å². The van der Waals surface area contributed by atoms with Crippen LogP contribution in [0.1, 0.15) is 27.9 Å². The van der Waals surface area contributed by atoms with Crippen LogP contribution in [0.4, 0.5) is 4.39 Å². The lowest BCUT2D eigenvalue weighted by Gasteiger charge is -2.14. The number of carbonyl (C=O) groups excluding carboxylic acids is 1. The van der Waals surface area contributed by atoms with Gasteiger partial charge in [0.25, 0.3) is 0 Å². The highest BCUT2D eigenvalue weighted by molar-refractivity contribution is 6.29.